The second-order valence-electron chi connectivity index (χ2n) is 3.04. The number of aliphatic hydroxyl groups excluding tert-OH is 2. The van der Waals surface area contributed by atoms with E-state index in [0.29, 0.717) is 0 Å². The molecular formula is C7H10O5. The van der Waals surface area contributed by atoms with Crippen LogP contribution in [0.3, 0.4) is 0 Å². The molecule has 2 fully saturated rings. The summed E-state index contributed by atoms with van der Waals surface area (Å²) in [6, 6.07) is 0. The summed E-state index contributed by atoms with van der Waals surface area (Å²) in [5.74, 6) is -0.347. The van der Waals surface area contributed by atoms with Crippen molar-refractivity contribution in [1.82, 2.24) is 0 Å². The number of esters is 1. The van der Waals surface area contributed by atoms with Crippen LogP contribution < -0.4 is 0 Å². The number of hydrogen-bond donors (Lipinski definition) is 2. The van der Waals surface area contributed by atoms with Gasteiger partial charge in [0.25, 0.3) is 0 Å². The first-order valence-electron chi connectivity index (χ1n) is 3.86. The third-order valence-electron chi connectivity index (χ3n) is 2.25. The Hall–Kier alpha value is -0.650. The summed E-state index contributed by atoms with van der Waals surface area (Å²) in [5.41, 5.74) is 0. The third kappa shape index (κ3) is 1.01. The fourth-order valence-corrected chi connectivity index (χ4v) is 1.64. The Kier molecular flexibility index (Phi) is 1.79. The minimum atomic E-state index is -0.883. The average molecular weight is 174 g/mol. The summed E-state index contributed by atoms with van der Waals surface area (Å²) < 4.78 is 9.98. The molecule has 0 aromatic heterocycles. The smallest absolute Gasteiger partial charge is 0.309 e. The molecule has 12 heavy (non-hydrogen) atoms. The lowest BCUT2D eigenvalue weighted by atomic mass is 10.1. The summed E-state index contributed by atoms with van der Waals surface area (Å²) in [6.45, 7) is -0.244. The van der Waals surface area contributed by atoms with E-state index in [1.807, 2.05) is 0 Å². The van der Waals surface area contributed by atoms with Crippen LogP contribution in [0.25, 0.3) is 0 Å². The number of carbonyl (C=O) groups is 1. The quantitative estimate of drug-likeness (QED) is 0.469. The number of fused-ring (bicyclic) bond motifs is 1. The van der Waals surface area contributed by atoms with Crippen LogP contribution in [-0.2, 0) is 14.3 Å². The van der Waals surface area contributed by atoms with Crippen molar-refractivity contribution >= 4 is 5.97 Å². The van der Waals surface area contributed by atoms with Gasteiger partial charge in [0.1, 0.15) is 18.3 Å². The molecule has 0 aromatic carbocycles. The van der Waals surface area contributed by atoms with Crippen molar-refractivity contribution in [2.24, 2.45) is 0 Å². The van der Waals surface area contributed by atoms with Gasteiger partial charge in [-0.3, -0.25) is 4.79 Å². The summed E-state index contributed by atoms with van der Waals surface area (Å²) in [5, 5.41) is 18.1. The van der Waals surface area contributed by atoms with Gasteiger partial charge in [0.15, 0.2) is 6.10 Å². The van der Waals surface area contributed by atoms with Gasteiger partial charge in [-0.15, -0.1) is 0 Å². The average Bonchev–Trinajstić information content (AvgIpc) is 2.51. The molecule has 0 unspecified atom stereocenters. The van der Waals surface area contributed by atoms with Crippen molar-refractivity contribution in [3.63, 3.8) is 0 Å². The third-order valence-corrected chi connectivity index (χ3v) is 2.25. The van der Waals surface area contributed by atoms with E-state index in [2.05, 4.69) is 0 Å². The van der Waals surface area contributed by atoms with Gasteiger partial charge in [-0.2, -0.15) is 0 Å². The van der Waals surface area contributed by atoms with Crippen LogP contribution in [0.4, 0.5) is 0 Å². The van der Waals surface area contributed by atoms with Gasteiger partial charge < -0.3 is 19.7 Å². The van der Waals surface area contributed by atoms with Crippen LogP contribution in [0.1, 0.15) is 6.42 Å². The number of aliphatic hydroxyl groups is 2. The molecule has 2 saturated heterocycles. The highest BCUT2D eigenvalue weighted by Crippen LogP contribution is 2.31. The highest BCUT2D eigenvalue weighted by molar-refractivity contribution is 5.72. The lowest BCUT2D eigenvalue weighted by molar-refractivity contribution is -0.146. The summed E-state index contributed by atoms with van der Waals surface area (Å²) in [4.78, 5) is 10.7. The zero-order chi connectivity index (χ0) is 8.72. The van der Waals surface area contributed by atoms with Gasteiger partial charge in [0, 0.05) is 0 Å². The highest BCUT2D eigenvalue weighted by Gasteiger charge is 2.50. The van der Waals surface area contributed by atoms with Crippen LogP contribution in [0.15, 0.2) is 0 Å². The van der Waals surface area contributed by atoms with E-state index < -0.39 is 18.3 Å². The number of rotatable bonds is 1. The Morgan fingerprint density at radius 3 is 2.92 bits per heavy atom. The first-order chi connectivity index (χ1) is 5.72. The zero-order valence-electron chi connectivity index (χ0n) is 6.34. The maximum atomic E-state index is 10.7. The van der Waals surface area contributed by atoms with Crippen LogP contribution >= 0.6 is 0 Å². The molecule has 0 spiro atoms. The Morgan fingerprint density at radius 2 is 2.33 bits per heavy atom. The molecular weight excluding hydrogens is 164 g/mol. The van der Waals surface area contributed by atoms with E-state index in [1.165, 1.54) is 0 Å². The van der Waals surface area contributed by atoms with E-state index in [9.17, 15) is 9.90 Å². The molecule has 0 radical (unpaired) electrons. The van der Waals surface area contributed by atoms with Gasteiger partial charge in [-0.05, 0) is 0 Å². The van der Waals surface area contributed by atoms with E-state index in [4.69, 9.17) is 14.6 Å². The molecule has 68 valence electrons. The first kappa shape index (κ1) is 7.97. The zero-order valence-corrected chi connectivity index (χ0v) is 6.34. The number of carbonyl (C=O) groups excluding carboxylic acids is 1. The Balaban J connectivity index is 2.08. The molecule has 2 aliphatic heterocycles. The van der Waals surface area contributed by atoms with Gasteiger partial charge in [-0.25, -0.2) is 0 Å². The SMILES string of the molecule is O=C1C[C@@H]2O[C@H](CO)[C@H](O)[C@@H]2O1. The second-order valence-corrected chi connectivity index (χ2v) is 3.04. The number of hydrogen-bond acceptors (Lipinski definition) is 5. The van der Waals surface area contributed by atoms with Gasteiger partial charge in [-0.1, -0.05) is 0 Å². The fraction of sp³-hybridized carbons (Fsp3) is 0.857. The van der Waals surface area contributed by atoms with Crippen molar-refractivity contribution in [3.8, 4) is 0 Å². The van der Waals surface area contributed by atoms with Gasteiger partial charge in [0.2, 0.25) is 0 Å². The van der Waals surface area contributed by atoms with Crippen LogP contribution in [-0.4, -0.2) is 47.2 Å². The fourth-order valence-electron chi connectivity index (χ4n) is 1.64. The molecule has 5 nitrogen and oxygen atoms in total. The summed E-state index contributed by atoms with van der Waals surface area (Å²) in [7, 11) is 0. The second kappa shape index (κ2) is 2.69. The lowest BCUT2D eigenvalue weighted by Gasteiger charge is -2.13. The molecule has 5 heteroatoms. The van der Waals surface area contributed by atoms with Crippen molar-refractivity contribution in [1.29, 1.82) is 0 Å². The molecule has 2 N–H and O–H groups in total. The molecule has 0 aliphatic carbocycles. The van der Waals surface area contributed by atoms with Gasteiger partial charge >= 0.3 is 5.97 Å². The van der Waals surface area contributed by atoms with Crippen molar-refractivity contribution < 1.29 is 24.5 Å². The molecule has 2 aliphatic rings. The van der Waals surface area contributed by atoms with Gasteiger partial charge in [0.05, 0.1) is 13.0 Å². The lowest BCUT2D eigenvalue weighted by Crippen LogP contribution is -2.33. The predicted octanol–water partition coefficient (Wildman–Crippen LogP) is -1.58. The molecule has 2 rings (SSSR count). The standard InChI is InChI=1S/C7H10O5/c8-2-4-6(10)7-3(11-4)1-5(9)12-7/h3-4,6-8,10H,1-2H2/t3-,4+,6-,7+/m0/s1. The molecule has 0 aromatic rings. The van der Waals surface area contributed by atoms with E-state index in [1.54, 1.807) is 0 Å². The Bertz CT molecular complexity index is 204. The maximum absolute atomic E-state index is 10.7. The van der Waals surface area contributed by atoms with Crippen LogP contribution in [0, 0.1) is 0 Å². The molecule has 2 heterocycles. The minimum absolute atomic E-state index is 0.179. The Morgan fingerprint density at radius 1 is 1.58 bits per heavy atom. The molecule has 0 amide bonds. The van der Waals surface area contributed by atoms with Crippen LogP contribution in [0.5, 0.6) is 0 Å². The molecule has 4 atom stereocenters. The van der Waals surface area contributed by atoms with Crippen molar-refractivity contribution in [2.45, 2.75) is 30.8 Å². The minimum Gasteiger partial charge on any atom is -0.457 e. The topological polar surface area (TPSA) is 76.0 Å². The van der Waals surface area contributed by atoms with Crippen LogP contribution in [0.2, 0.25) is 0 Å². The number of ether oxygens (including phenoxy) is 2. The van der Waals surface area contributed by atoms with E-state index in [0.717, 1.165) is 0 Å². The van der Waals surface area contributed by atoms with Crippen molar-refractivity contribution in [3.05, 3.63) is 0 Å². The summed E-state index contributed by atoms with van der Waals surface area (Å²) in [6.07, 6.45) is -2.25. The molecule has 0 saturated carbocycles. The molecule has 0 bridgehead atoms. The predicted molar refractivity (Wildman–Crippen MR) is 36.3 cm³/mol. The first-order valence-corrected chi connectivity index (χ1v) is 3.86. The maximum Gasteiger partial charge on any atom is 0.309 e. The summed E-state index contributed by atoms with van der Waals surface area (Å²) >= 11 is 0. The van der Waals surface area contributed by atoms with E-state index in [-0.39, 0.29) is 25.1 Å². The monoisotopic (exact) mass is 174 g/mol. The Labute approximate surface area is 68.9 Å². The largest absolute Gasteiger partial charge is 0.457 e. The van der Waals surface area contributed by atoms with E-state index >= 15 is 0 Å². The van der Waals surface area contributed by atoms with Crippen molar-refractivity contribution in [2.75, 3.05) is 6.61 Å². The highest BCUT2D eigenvalue weighted by atomic mass is 16.6. The normalized spacial score (nSPS) is 46.0.